The third kappa shape index (κ3) is 2.35. The molecule has 1 aromatic heterocycles. The highest BCUT2D eigenvalue weighted by Gasteiger charge is 2.43. The van der Waals surface area contributed by atoms with E-state index in [1.54, 1.807) is 6.07 Å². The van der Waals surface area contributed by atoms with Crippen molar-refractivity contribution in [3.63, 3.8) is 0 Å². The van der Waals surface area contributed by atoms with Crippen molar-refractivity contribution in [2.75, 3.05) is 18.0 Å². The standard InChI is InChI=1S/C12H15N3O4/c1-2-12(11(16)17)5-6-14(8-12)9-3-4-10(13-7-9)15(18)19/h3-4,7H,2,5-6,8H2,1H3,(H,16,17). The molecule has 1 saturated heterocycles. The van der Waals surface area contributed by atoms with Crippen LogP contribution in [0.15, 0.2) is 18.3 Å². The SMILES string of the molecule is CCC1(C(=O)O)CCN(c2ccc([N+](=O)[O-])nc2)C1. The molecule has 1 unspecified atom stereocenters. The van der Waals surface area contributed by atoms with E-state index in [-0.39, 0.29) is 5.82 Å². The van der Waals surface area contributed by atoms with Crippen molar-refractivity contribution in [3.05, 3.63) is 28.4 Å². The number of nitrogens with zero attached hydrogens (tertiary/aromatic N) is 3. The van der Waals surface area contributed by atoms with Gasteiger partial charge in [-0.1, -0.05) is 6.92 Å². The fraction of sp³-hybridized carbons (Fsp3) is 0.500. The van der Waals surface area contributed by atoms with Crippen LogP contribution in [0.5, 0.6) is 0 Å². The van der Waals surface area contributed by atoms with E-state index in [0.717, 1.165) is 5.69 Å². The van der Waals surface area contributed by atoms with Crippen LogP contribution in [0.4, 0.5) is 11.5 Å². The molecule has 1 atom stereocenters. The van der Waals surface area contributed by atoms with E-state index in [2.05, 4.69) is 4.98 Å². The zero-order chi connectivity index (χ0) is 14.0. The quantitative estimate of drug-likeness (QED) is 0.657. The number of carbonyl (C=O) groups is 1. The first kappa shape index (κ1) is 13.3. The molecule has 7 nitrogen and oxygen atoms in total. The Hall–Kier alpha value is -2.18. The summed E-state index contributed by atoms with van der Waals surface area (Å²) in [4.78, 5) is 27.0. The van der Waals surface area contributed by atoms with Crippen LogP contribution < -0.4 is 4.90 Å². The second-order valence-electron chi connectivity index (χ2n) is 4.74. The van der Waals surface area contributed by atoms with Gasteiger partial charge in [0, 0.05) is 19.2 Å². The second kappa shape index (κ2) is 4.83. The van der Waals surface area contributed by atoms with Crippen LogP contribution in [0.25, 0.3) is 0 Å². The molecule has 1 aromatic rings. The van der Waals surface area contributed by atoms with Crippen molar-refractivity contribution in [3.8, 4) is 0 Å². The first-order chi connectivity index (χ1) is 8.98. The molecule has 1 aliphatic heterocycles. The molecule has 0 radical (unpaired) electrons. The molecule has 2 heterocycles. The molecule has 1 N–H and O–H groups in total. The summed E-state index contributed by atoms with van der Waals surface area (Å²) in [5, 5.41) is 19.8. The highest BCUT2D eigenvalue weighted by molar-refractivity contribution is 5.76. The maximum absolute atomic E-state index is 11.3. The van der Waals surface area contributed by atoms with E-state index in [1.165, 1.54) is 12.3 Å². The van der Waals surface area contributed by atoms with Gasteiger partial charge >= 0.3 is 11.8 Å². The van der Waals surface area contributed by atoms with Crippen LogP contribution in [-0.4, -0.2) is 34.1 Å². The van der Waals surface area contributed by atoms with E-state index in [1.807, 2.05) is 11.8 Å². The fourth-order valence-corrected chi connectivity index (χ4v) is 2.38. The summed E-state index contributed by atoms with van der Waals surface area (Å²) < 4.78 is 0. The van der Waals surface area contributed by atoms with Crippen molar-refractivity contribution in [2.24, 2.45) is 5.41 Å². The fourth-order valence-electron chi connectivity index (χ4n) is 2.38. The van der Waals surface area contributed by atoms with Gasteiger partial charge in [-0.15, -0.1) is 0 Å². The van der Waals surface area contributed by atoms with E-state index in [9.17, 15) is 20.0 Å². The van der Waals surface area contributed by atoms with Gasteiger partial charge in [-0.25, -0.2) is 0 Å². The number of pyridine rings is 1. The molecule has 19 heavy (non-hydrogen) atoms. The Morgan fingerprint density at radius 2 is 2.37 bits per heavy atom. The average Bonchev–Trinajstić information content (AvgIpc) is 2.84. The van der Waals surface area contributed by atoms with Crippen LogP contribution >= 0.6 is 0 Å². The van der Waals surface area contributed by atoms with Crippen LogP contribution in [-0.2, 0) is 4.79 Å². The number of carboxylic acid groups (broad SMARTS) is 1. The smallest absolute Gasteiger partial charge is 0.363 e. The van der Waals surface area contributed by atoms with Gasteiger partial charge < -0.3 is 20.1 Å². The Kier molecular flexibility index (Phi) is 3.37. The summed E-state index contributed by atoms with van der Waals surface area (Å²) >= 11 is 0. The number of hydrogen-bond acceptors (Lipinski definition) is 5. The lowest BCUT2D eigenvalue weighted by Gasteiger charge is -2.23. The highest BCUT2D eigenvalue weighted by atomic mass is 16.6. The molecule has 0 aromatic carbocycles. The van der Waals surface area contributed by atoms with Crippen LogP contribution in [0.2, 0.25) is 0 Å². The lowest BCUT2D eigenvalue weighted by molar-refractivity contribution is -0.389. The van der Waals surface area contributed by atoms with Gasteiger partial charge in [-0.2, -0.15) is 0 Å². The van der Waals surface area contributed by atoms with Crippen LogP contribution in [0.1, 0.15) is 19.8 Å². The van der Waals surface area contributed by atoms with Gasteiger partial charge in [0.25, 0.3) is 0 Å². The Balaban J connectivity index is 2.16. The van der Waals surface area contributed by atoms with Gasteiger partial charge in [0.1, 0.15) is 0 Å². The van der Waals surface area contributed by atoms with Gasteiger partial charge in [0.15, 0.2) is 6.20 Å². The molecule has 0 bridgehead atoms. The molecule has 0 aliphatic carbocycles. The predicted molar refractivity (Wildman–Crippen MR) is 68.1 cm³/mol. The Morgan fingerprint density at radius 1 is 1.63 bits per heavy atom. The summed E-state index contributed by atoms with van der Waals surface area (Å²) in [7, 11) is 0. The first-order valence-corrected chi connectivity index (χ1v) is 6.07. The molecular formula is C12H15N3O4. The Labute approximate surface area is 110 Å². The number of hydrogen-bond donors (Lipinski definition) is 1. The lowest BCUT2D eigenvalue weighted by atomic mass is 9.84. The van der Waals surface area contributed by atoms with Crippen molar-refractivity contribution >= 4 is 17.5 Å². The van der Waals surface area contributed by atoms with E-state index < -0.39 is 16.3 Å². The maximum Gasteiger partial charge on any atom is 0.363 e. The minimum atomic E-state index is -0.785. The Morgan fingerprint density at radius 3 is 2.79 bits per heavy atom. The molecule has 7 heteroatoms. The molecule has 2 rings (SSSR count). The predicted octanol–water partition coefficient (Wildman–Crippen LogP) is 1.68. The van der Waals surface area contributed by atoms with E-state index in [4.69, 9.17) is 0 Å². The van der Waals surface area contributed by atoms with Crippen LogP contribution in [0.3, 0.4) is 0 Å². The molecule has 0 spiro atoms. The lowest BCUT2D eigenvalue weighted by Crippen LogP contribution is -2.34. The van der Waals surface area contributed by atoms with E-state index in [0.29, 0.717) is 25.9 Å². The largest absolute Gasteiger partial charge is 0.481 e. The monoisotopic (exact) mass is 265 g/mol. The summed E-state index contributed by atoms with van der Waals surface area (Å²) in [6.07, 6.45) is 2.57. The number of carboxylic acids is 1. The number of aliphatic carboxylic acids is 1. The Bertz CT molecular complexity index is 502. The number of aromatic nitrogens is 1. The second-order valence-corrected chi connectivity index (χ2v) is 4.74. The normalized spacial score (nSPS) is 22.5. The summed E-state index contributed by atoms with van der Waals surface area (Å²) in [6.45, 7) is 2.91. The minimum absolute atomic E-state index is 0.206. The van der Waals surface area contributed by atoms with Crippen LogP contribution in [0, 0.1) is 15.5 Å². The molecule has 1 aliphatic rings. The van der Waals surface area contributed by atoms with Crippen molar-refractivity contribution < 1.29 is 14.8 Å². The number of rotatable bonds is 4. The van der Waals surface area contributed by atoms with Crippen molar-refractivity contribution in [1.82, 2.24) is 4.98 Å². The molecule has 0 amide bonds. The molecular weight excluding hydrogens is 250 g/mol. The van der Waals surface area contributed by atoms with Crippen molar-refractivity contribution in [1.29, 1.82) is 0 Å². The van der Waals surface area contributed by atoms with Gasteiger partial charge in [0.05, 0.1) is 11.1 Å². The summed E-state index contributed by atoms with van der Waals surface area (Å²) in [5.41, 5.74) is 0.00377. The zero-order valence-electron chi connectivity index (χ0n) is 10.6. The molecule has 0 saturated carbocycles. The van der Waals surface area contributed by atoms with Crippen molar-refractivity contribution in [2.45, 2.75) is 19.8 Å². The number of anilines is 1. The first-order valence-electron chi connectivity index (χ1n) is 6.07. The topological polar surface area (TPSA) is 96.6 Å². The summed E-state index contributed by atoms with van der Waals surface area (Å²) in [6, 6.07) is 2.95. The molecule has 102 valence electrons. The average molecular weight is 265 g/mol. The van der Waals surface area contributed by atoms with Gasteiger partial charge in [-0.05, 0) is 28.8 Å². The molecule has 1 fully saturated rings. The van der Waals surface area contributed by atoms with Gasteiger partial charge in [0.2, 0.25) is 0 Å². The van der Waals surface area contributed by atoms with Gasteiger partial charge in [-0.3, -0.25) is 4.79 Å². The summed E-state index contributed by atoms with van der Waals surface area (Å²) in [5.74, 6) is -0.990. The zero-order valence-corrected chi connectivity index (χ0v) is 10.6. The number of nitro groups is 1. The highest BCUT2D eigenvalue weighted by Crippen LogP contribution is 2.36. The minimum Gasteiger partial charge on any atom is -0.481 e. The third-order valence-electron chi connectivity index (χ3n) is 3.77. The van der Waals surface area contributed by atoms with E-state index >= 15 is 0 Å². The third-order valence-corrected chi connectivity index (χ3v) is 3.77. The maximum atomic E-state index is 11.3.